The Bertz CT molecular complexity index is 106. The SMILES string of the molecule is CCC(CO)(CO)C[O][Sb]([OH])[OH]. The van der Waals surface area contributed by atoms with Gasteiger partial charge in [-0.3, -0.25) is 0 Å². The molecule has 0 aromatic heterocycles. The molecule has 0 amide bonds. The summed E-state index contributed by atoms with van der Waals surface area (Å²) in [5.74, 6) is 0. The molecule has 0 fully saturated rings. The van der Waals surface area contributed by atoms with Crippen molar-refractivity contribution in [2.45, 2.75) is 13.3 Å². The van der Waals surface area contributed by atoms with Crippen molar-refractivity contribution in [1.82, 2.24) is 0 Å². The molecular formula is C6H15O5Sb. The van der Waals surface area contributed by atoms with E-state index >= 15 is 0 Å². The molecule has 0 aromatic rings. The molecule has 6 heteroatoms. The first-order valence-corrected chi connectivity index (χ1v) is 6.95. The maximum absolute atomic E-state index is 8.91. The number of hydrogen-bond acceptors (Lipinski definition) is 5. The van der Waals surface area contributed by atoms with Crippen molar-refractivity contribution in [3.63, 3.8) is 0 Å². The third-order valence-corrected chi connectivity index (χ3v) is 2.93. The molecule has 0 unspecified atom stereocenters. The Morgan fingerprint density at radius 1 is 1.25 bits per heavy atom. The number of aliphatic hydroxyl groups excluding tert-OH is 2. The van der Waals surface area contributed by atoms with Gasteiger partial charge in [0.1, 0.15) is 0 Å². The number of aliphatic hydroxyl groups is 2. The Kier molecular flexibility index (Phi) is 6.45. The molecule has 0 aromatic carbocycles. The molecule has 4 N–H and O–H groups in total. The second-order valence-corrected chi connectivity index (χ2v) is 4.88. The first-order valence-electron chi connectivity index (χ1n) is 3.63. The van der Waals surface area contributed by atoms with Gasteiger partial charge in [-0.05, 0) is 0 Å². The van der Waals surface area contributed by atoms with Crippen LogP contribution in [0.25, 0.3) is 0 Å². The van der Waals surface area contributed by atoms with Crippen molar-refractivity contribution < 1.29 is 20.0 Å². The molecule has 0 saturated heterocycles. The average Bonchev–Trinajstić information content (AvgIpc) is 2.08. The molecule has 5 nitrogen and oxygen atoms in total. The van der Waals surface area contributed by atoms with Crippen LogP contribution in [0.2, 0.25) is 0 Å². The van der Waals surface area contributed by atoms with Crippen LogP contribution in [-0.2, 0) is 3.02 Å². The van der Waals surface area contributed by atoms with Gasteiger partial charge in [-0.15, -0.1) is 0 Å². The zero-order valence-electron chi connectivity index (χ0n) is 6.97. The molecule has 0 rings (SSSR count). The average molecular weight is 289 g/mol. The second kappa shape index (κ2) is 6.13. The molecule has 0 radical (unpaired) electrons. The van der Waals surface area contributed by atoms with Gasteiger partial charge < -0.3 is 0 Å². The molecule has 0 aliphatic carbocycles. The summed E-state index contributed by atoms with van der Waals surface area (Å²) in [6, 6.07) is 0. The summed E-state index contributed by atoms with van der Waals surface area (Å²) >= 11 is -3.41. The van der Waals surface area contributed by atoms with Crippen molar-refractivity contribution >= 4 is 21.5 Å². The third-order valence-electron chi connectivity index (χ3n) is 1.91. The monoisotopic (exact) mass is 288 g/mol. The van der Waals surface area contributed by atoms with Crippen molar-refractivity contribution in [3.05, 3.63) is 0 Å². The summed E-state index contributed by atoms with van der Waals surface area (Å²) in [4.78, 5) is 0. The van der Waals surface area contributed by atoms with Gasteiger partial charge in [0.25, 0.3) is 0 Å². The Morgan fingerprint density at radius 3 is 2.00 bits per heavy atom. The van der Waals surface area contributed by atoms with E-state index in [-0.39, 0.29) is 19.8 Å². The van der Waals surface area contributed by atoms with Crippen LogP contribution in [0.4, 0.5) is 0 Å². The third kappa shape index (κ3) is 4.03. The fourth-order valence-corrected chi connectivity index (χ4v) is 1.77. The summed E-state index contributed by atoms with van der Waals surface area (Å²) < 4.78 is 21.8. The van der Waals surface area contributed by atoms with Crippen LogP contribution >= 0.6 is 0 Å². The van der Waals surface area contributed by atoms with E-state index in [1.54, 1.807) is 6.92 Å². The van der Waals surface area contributed by atoms with Crippen LogP contribution in [-0.4, -0.2) is 58.3 Å². The van der Waals surface area contributed by atoms with Crippen LogP contribution in [0.15, 0.2) is 0 Å². The molecule has 0 atom stereocenters. The van der Waals surface area contributed by atoms with E-state index in [9.17, 15) is 0 Å². The van der Waals surface area contributed by atoms with Gasteiger partial charge in [-0.1, -0.05) is 0 Å². The molecular weight excluding hydrogens is 274 g/mol. The van der Waals surface area contributed by atoms with Gasteiger partial charge in [-0.25, -0.2) is 0 Å². The van der Waals surface area contributed by atoms with Gasteiger partial charge >= 0.3 is 80.0 Å². The fourth-order valence-electron chi connectivity index (χ4n) is 0.662. The van der Waals surface area contributed by atoms with E-state index in [2.05, 4.69) is 3.02 Å². The van der Waals surface area contributed by atoms with Gasteiger partial charge in [0.15, 0.2) is 0 Å². The first-order chi connectivity index (χ1) is 5.60. The molecule has 0 bridgehead atoms. The van der Waals surface area contributed by atoms with Crippen LogP contribution < -0.4 is 0 Å². The molecule has 0 spiro atoms. The van der Waals surface area contributed by atoms with E-state index in [1.165, 1.54) is 0 Å². The van der Waals surface area contributed by atoms with E-state index < -0.39 is 26.9 Å². The first kappa shape index (κ1) is 12.6. The van der Waals surface area contributed by atoms with Crippen molar-refractivity contribution in [2.24, 2.45) is 5.41 Å². The predicted octanol–water partition coefficient (Wildman–Crippen LogP) is -1.65. The van der Waals surface area contributed by atoms with Crippen LogP contribution in [0, 0.1) is 5.41 Å². The summed E-state index contributed by atoms with van der Waals surface area (Å²) in [5, 5.41) is 17.8. The quantitative estimate of drug-likeness (QED) is 0.440. The zero-order chi connectivity index (χ0) is 9.61. The minimum atomic E-state index is -3.41. The maximum atomic E-state index is 8.91. The van der Waals surface area contributed by atoms with Crippen molar-refractivity contribution in [1.29, 1.82) is 0 Å². The van der Waals surface area contributed by atoms with E-state index in [0.717, 1.165) is 0 Å². The molecule has 0 saturated carbocycles. The van der Waals surface area contributed by atoms with Crippen molar-refractivity contribution in [3.8, 4) is 0 Å². The fraction of sp³-hybridized carbons (Fsp3) is 1.00. The Morgan fingerprint density at radius 2 is 1.75 bits per heavy atom. The van der Waals surface area contributed by atoms with Gasteiger partial charge in [-0.2, -0.15) is 0 Å². The summed E-state index contributed by atoms with van der Waals surface area (Å²) in [6.07, 6.45) is 0.536. The van der Waals surface area contributed by atoms with Crippen molar-refractivity contribution in [2.75, 3.05) is 19.8 Å². The molecule has 0 aliphatic heterocycles. The topological polar surface area (TPSA) is 90.2 Å². The Balaban J connectivity index is 3.93. The van der Waals surface area contributed by atoms with E-state index in [0.29, 0.717) is 6.42 Å². The molecule has 0 aliphatic rings. The molecule has 74 valence electrons. The van der Waals surface area contributed by atoms with Crippen LogP contribution in [0.1, 0.15) is 13.3 Å². The minimum absolute atomic E-state index is 0.00625. The predicted molar refractivity (Wildman–Crippen MR) is 43.0 cm³/mol. The normalized spacial score (nSPS) is 12.5. The number of rotatable bonds is 6. The Hall–Kier alpha value is 0.618. The van der Waals surface area contributed by atoms with E-state index in [1.807, 2.05) is 0 Å². The van der Waals surface area contributed by atoms with Gasteiger partial charge in [0.2, 0.25) is 0 Å². The van der Waals surface area contributed by atoms with Gasteiger partial charge in [0, 0.05) is 0 Å². The van der Waals surface area contributed by atoms with E-state index in [4.69, 9.17) is 17.0 Å². The second-order valence-electron chi connectivity index (χ2n) is 2.70. The standard InChI is InChI=1S/C6H13O3.2H2O.Sb/c1-2-6(3-7,4-8)5-9;;;/h7-8H,2-5H2,1H3;2*1H2;/q-1;;;+3/p-2. The zero-order valence-corrected chi connectivity index (χ0v) is 9.53. The Labute approximate surface area is 80.2 Å². The summed E-state index contributed by atoms with van der Waals surface area (Å²) in [5.41, 5.74) is -0.728. The van der Waals surface area contributed by atoms with Crippen LogP contribution in [0.5, 0.6) is 0 Å². The molecule has 12 heavy (non-hydrogen) atoms. The number of hydrogen-bond donors (Lipinski definition) is 4. The summed E-state index contributed by atoms with van der Waals surface area (Å²) in [7, 11) is 0. The van der Waals surface area contributed by atoms with Gasteiger partial charge in [0.05, 0.1) is 0 Å². The van der Waals surface area contributed by atoms with Crippen LogP contribution in [0.3, 0.4) is 0 Å². The summed E-state index contributed by atoms with van der Waals surface area (Å²) in [6.45, 7) is 1.38. The molecule has 0 heterocycles.